The topological polar surface area (TPSA) is 110 Å². The average Bonchev–Trinajstić information content (AvgIpc) is 2.95. The number of aromatic nitrogens is 2. The van der Waals surface area contributed by atoms with Gasteiger partial charge in [0, 0.05) is 24.8 Å². The Kier molecular flexibility index (Phi) is 2.47. The van der Waals surface area contributed by atoms with Crippen LogP contribution < -0.4 is 10.5 Å². The zero-order valence-corrected chi connectivity index (χ0v) is 9.85. The number of nitrogens with one attached hydrogen (secondary N) is 2. The molecule has 2 aliphatic rings. The summed E-state index contributed by atoms with van der Waals surface area (Å²) in [5, 5.41) is 6.09. The maximum Gasteiger partial charge on any atom is 0.244 e. The first-order valence-corrected chi connectivity index (χ1v) is 6.96. The van der Waals surface area contributed by atoms with Gasteiger partial charge in [0.2, 0.25) is 10.0 Å². The van der Waals surface area contributed by atoms with Crippen molar-refractivity contribution in [2.24, 2.45) is 11.7 Å². The molecule has 1 aliphatic heterocycles. The summed E-state index contributed by atoms with van der Waals surface area (Å²) in [6.07, 6.45) is 3.43. The second kappa shape index (κ2) is 3.77. The molecule has 0 bridgehead atoms. The van der Waals surface area contributed by atoms with Crippen molar-refractivity contribution in [3.63, 3.8) is 0 Å². The highest BCUT2D eigenvalue weighted by atomic mass is 32.2. The second-order valence-corrected chi connectivity index (χ2v) is 6.16. The lowest BCUT2D eigenvalue weighted by Gasteiger charge is -2.45. The molecule has 1 aliphatic carbocycles. The standard InChI is InChI=1S/C9H14N4O3S/c10-7-6-1-2-16-9(6)8(7)13-17(14,15)5-3-11-12-4-5/h3-4,6-9,13H,1-2,10H2,(H,11,12). The van der Waals surface area contributed by atoms with E-state index in [4.69, 9.17) is 10.5 Å². The van der Waals surface area contributed by atoms with Crippen LogP contribution in [0.5, 0.6) is 0 Å². The summed E-state index contributed by atoms with van der Waals surface area (Å²) in [5.74, 6) is 0.284. The number of ether oxygens (including phenoxy) is 1. The molecule has 0 amide bonds. The zero-order chi connectivity index (χ0) is 12.0. The minimum atomic E-state index is -3.55. The van der Waals surface area contributed by atoms with Gasteiger partial charge in [-0.3, -0.25) is 5.10 Å². The maximum atomic E-state index is 11.9. The van der Waals surface area contributed by atoms with Crippen LogP contribution in [0.15, 0.2) is 17.3 Å². The number of nitrogens with zero attached hydrogens (tertiary/aromatic N) is 1. The van der Waals surface area contributed by atoms with E-state index in [1.54, 1.807) is 0 Å². The number of nitrogens with two attached hydrogens (primary N) is 1. The number of aromatic amines is 1. The number of hydrogen-bond acceptors (Lipinski definition) is 5. The summed E-state index contributed by atoms with van der Waals surface area (Å²) in [6, 6.07) is -0.494. The first-order chi connectivity index (χ1) is 8.09. The highest BCUT2D eigenvalue weighted by molar-refractivity contribution is 7.89. The molecule has 4 atom stereocenters. The van der Waals surface area contributed by atoms with Gasteiger partial charge < -0.3 is 10.5 Å². The lowest BCUT2D eigenvalue weighted by molar-refractivity contribution is -0.00923. The summed E-state index contributed by atoms with van der Waals surface area (Å²) < 4.78 is 31.9. The molecule has 2 fully saturated rings. The minimum Gasteiger partial charge on any atom is -0.376 e. The van der Waals surface area contributed by atoms with Crippen molar-refractivity contribution in [3.05, 3.63) is 12.4 Å². The van der Waals surface area contributed by atoms with E-state index in [1.165, 1.54) is 12.4 Å². The van der Waals surface area contributed by atoms with E-state index in [1.807, 2.05) is 0 Å². The highest BCUT2D eigenvalue weighted by Gasteiger charge is 2.53. The molecule has 2 heterocycles. The zero-order valence-electron chi connectivity index (χ0n) is 9.04. The van der Waals surface area contributed by atoms with Crippen molar-refractivity contribution in [1.82, 2.24) is 14.9 Å². The van der Waals surface area contributed by atoms with E-state index in [-0.39, 0.29) is 29.0 Å². The SMILES string of the molecule is NC1C2CCOC2C1NS(=O)(=O)c1cn[nH]c1. The molecule has 3 rings (SSSR count). The van der Waals surface area contributed by atoms with E-state index < -0.39 is 10.0 Å². The maximum absolute atomic E-state index is 11.9. The Balaban J connectivity index is 1.76. The van der Waals surface area contributed by atoms with Crippen molar-refractivity contribution in [2.75, 3.05) is 6.61 Å². The summed E-state index contributed by atoms with van der Waals surface area (Å²) >= 11 is 0. The average molecular weight is 258 g/mol. The normalized spacial score (nSPS) is 36.5. The third-order valence-electron chi connectivity index (χ3n) is 3.52. The largest absolute Gasteiger partial charge is 0.376 e. The number of hydrogen-bond donors (Lipinski definition) is 3. The van der Waals surface area contributed by atoms with Crippen molar-refractivity contribution in [3.8, 4) is 0 Å². The van der Waals surface area contributed by atoms with Gasteiger partial charge in [-0.25, -0.2) is 13.1 Å². The Morgan fingerprint density at radius 1 is 1.59 bits per heavy atom. The molecule has 4 unspecified atom stereocenters. The van der Waals surface area contributed by atoms with Crippen molar-refractivity contribution < 1.29 is 13.2 Å². The van der Waals surface area contributed by atoms with E-state index in [0.717, 1.165) is 6.42 Å². The first kappa shape index (κ1) is 11.1. The lowest BCUT2D eigenvalue weighted by atomic mass is 9.73. The van der Waals surface area contributed by atoms with Crippen molar-refractivity contribution in [1.29, 1.82) is 0 Å². The van der Waals surface area contributed by atoms with E-state index in [0.29, 0.717) is 6.61 Å². The third kappa shape index (κ3) is 1.68. The Morgan fingerprint density at radius 2 is 2.41 bits per heavy atom. The van der Waals surface area contributed by atoms with E-state index in [9.17, 15) is 8.42 Å². The Hall–Kier alpha value is -0.960. The number of sulfonamides is 1. The summed E-state index contributed by atoms with van der Waals surface area (Å²) in [5.41, 5.74) is 5.94. The van der Waals surface area contributed by atoms with Crippen LogP contribution in [0, 0.1) is 5.92 Å². The van der Waals surface area contributed by atoms with Gasteiger partial charge in [-0.1, -0.05) is 0 Å². The summed E-state index contributed by atoms with van der Waals surface area (Å²) in [6.45, 7) is 0.660. The molecule has 1 saturated heterocycles. The smallest absolute Gasteiger partial charge is 0.244 e. The van der Waals surface area contributed by atoms with Crippen molar-refractivity contribution in [2.45, 2.75) is 29.5 Å². The lowest BCUT2D eigenvalue weighted by Crippen LogP contribution is -2.68. The Bertz CT molecular complexity index is 500. The minimum absolute atomic E-state index is 0.0772. The molecule has 7 nitrogen and oxygen atoms in total. The van der Waals surface area contributed by atoms with E-state index in [2.05, 4.69) is 14.9 Å². The fraction of sp³-hybridized carbons (Fsp3) is 0.667. The van der Waals surface area contributed by atoms with Crippen LogP contribution in [-0.4, -0.2) is 43.4 Å². The molecule has 8 heteroatoms. The second-order valence-electron chi connectivity index (χ2n) is 4.45. The molecule has 0 spiro atoms. The van der Waals surface area contributed by atoms with Gasteiger partial charge in [-0.15, -0.1) is 0 Å². The van der Waals surface area contributed by atoms with Crippen LogP contribution in [0.1, 0.15) is 6.42 Å². The number of rotatable bonds is 3. The molecular weight excluding hydrogens is 244 g/mol. The van der Waals surface area contributed by atoms with Gasteiger partial charge >= 0.3 is 0 Å². The summed E-state index contributed by atoms with van der Waals surface area (Å²) in [7, 11) is -3.55. The van der Waals surface area contributed by atoms with Gasteiger partial charge in [0.15, 0.2) is 0 Å². The fourth-order valence-corrected chi connectivity index (χ4v) is 3.71. The Morgan fingerprint density at radius 3 is 3.12 bits per heavy atom. The quantitative estimate of drug-likeness (QED) is 0.631. The van der Waals surface area contributed by atoms with Crippen LogP contribution in [0.25, 0.3) is 0 Å². The monoisotopic (exact) mass is 258 g/mol. The molecule has 17 heavy (non-hydrogen) atoms. The number of H-pyrrole nitrogens is 1. The van der Waals surface area contributed by atoms with Crippen LogP contribution in [0.3, 0.4) is 0 Å². The van der Waals surface area contributed by atoms with Gasteiger partial charge in [-0.2, -0.15) is 5.10 Å². The highest BCUT2D eigenvalue weighted by Crippen LogP contribution is 2.38. The molecule has 4 N–H and O–H groups in total. The van der Waals surface area contributed by atoms with Crippen LogP contribution in [0.4, 0.5) is 0 Å². The van der Waals surface area contributed by atoms with Crippen LogP contribution >= 0.6 is 0 Å². The molecular formula is C9H14N4O3S. The molecule has 0 aromatic carbocycles. The van der Waals surface area contributed by atoms with E-state index >= 15 is 0 Å². The Labute approximate surface area is 98.8 Å². The number of fused-ring (bicyclic) bond motifs is 1. The van der Waals surface area contributed by atoms with Crippen LogP contribution in [-0.2, 0) is 14.8 Å². The van der Waals surface area contributed by atoms with Gasteiger partial charge in [-0.05, 0) is 6.42 Å². The van der Waals surface area contributed by atoms with Gasteiger partial charge in [0.05, 0.1) is 18.3 Å². The molecule has 1 aromatic rings. The fourth-order valence-electron chi connectivity index (χ4n) is 2.53. The third-order valence-corrected chi connectivity index (χ3v) is 4.95. The molecule has 94 valence electrons. The predicted octanol–water partition coefficient (Wildman–Crippen LogP) is -1.20. The van der Waals surface area contributed by atoms with Crippen molar-refractivity contribution >= 4 is 10.0 Å². The molecule has 1 saturated carbocycles. The predicted molar refractivity (Wildman–Crippen MR) is 58.5 cm³/mol. The summed E-state index contributed by atoms with van der Waals surface area (Å²) in [4.78, 5) is 0.117. The molecule has 0 radical (unpaired) electrons. The van der Waals surface area contributed by atoms with Gasteiger partial charge in [0.1, 0.15) is 4.90 Å². The van der Waals surface area contributed by atoms with Crippen LogP contribution in [0.2, 0.25) is 0 Å². The van der Waals surface area contributed by atoms with Gasteiger partial charge in [0.25, 0.3) is 0 Å². The molecule has 1 aromatic heterocycles. The first-order valence-electron chi connectivity index (χ1n) is 5.48.